The Morgan fingerprint density at radius 1 is 1.16 bits per heavy atom. The molecule has 0 fully saturated rings. The summed E-state index contributed by atoms with van der Waals surface area (Å²) in [6, 6.07) is 7.03. The van der Waals surface area contributed by atoms with Gasteiger partial charge < -0.3 is 24.7 Å². The van der Waals surface area contributed by atoms with Gasteiger partial charge in [-0.25, -0.2) is 4.79 Å². The maximum Gasteiger partial charge on any atom is 0.337 e. The molecule has 1 aromatic carbocycles. The first kappa shape index (κ1) is 17.9. The molecule has 0 saturated carbocycles. The molecule has 9 heteroatoms. The van der Waals surface area contributed by atoms with E-state index >= 15 is 0 Å². The maximum absolute atomic E-state index is 12.0. The zero-order valence-corrected chi connectivity index (χ0v) is 13.5. The van der Waals surface area contributed by atoms with Gasteiger partial charge in [0.05, 0.1) is 31.7 Å². The number of amides is 1. The highest BCUT2D eigenvalue weighted by Gasteiger charge is 2.11. The van der Waals surface area contributed by atoms with Crippen LogP contribution in [0.15, 0.2) is 41.3 Å². The number of benzene rings is 1. The number of methoxy groups -OCH3 is 2. The minimum absolute atomic E-state index is 0.144. The van der Waals surface area contributed by atoms with Gasteiger partial charge in [-0.2, -0.15) is 4.73 Å². The van der Waals surface area contributed by atoms with E-state index in [9.17, 15) is 14.4 Å². The lowest BCUT2D eigenvalue weighted by Crippen LogP contribution is -2.32. The van der Waals surface area contributed by atoms with Crippen molar-refractivity contribution in [2.24, 2.45) is 0 Å². The van der Waals surface area contributed by atoms with E-state index in [2.05, 4.69) is 5.32 Å². The smallest absolute Gasteiger partial charge is 0.337 e. The van der Waals surface area contributed by atoms with Crippen LogP contribution in [-0.2, 0) is 4.79 Å². The zero-order valence-electron chi connectivity index (χ0n) is 13.5. The summed E-state index contributed by atoms with van der Waals surface area (Å²) in [7, 11) is 2.93. The lowest BCUT2D eigenvalue weighted by atomic mass is 10.2. The molecule has 2 aromatic rings. The summed E-state index contributed by atoms with van der Waals surface area (Å²) in [5.74, 6) is -0.858. The van der Waals surface area contributed by atoms with Crippen molar-refractivity contribution < 1.29 is 29.0 Å². The molecule has 0 saturated heterocycles. The van der Waals surface area contributed by atoms with E-state index in [4.69, 9.17) is 19.4 Å². The van der Waals surface area contributed by atoms with Crippen molar-refractivity contribution in [1.82, 2.24) is 4.73 Å². The molecule has 1 amide bonds. The van der Waals surface area contributed by atoms with Crippen molar-refractivity contribution in [2.45, 2.75) is 0 Å². The largest absolute Gasteiger partial charge is 0.497 e. The number of aromatic nitrogens is 1. The lowest BCUT2D eigenvalue weighted by Gasteiger charge is -2.12. The summed E-state index contributed by atoms with van der Waals surface area (Å²) in [6.45, 7) is -0.511. The molecule has 1 heterocycles. The SMILES string of the molecule is COc1ccc(OC)c(NC(=O)COn2cc(C(=O)O)ccc2=O)c1. The van der Waals surface area contributed by atoms with Crippen LogP contribution in [-0.4, -0.2) is 42.5 Å². The average molecular weight is 348 g/mol. The lowest BCUT2D eigenvalue weighted by molar-refractivity contribution is -0.120. The molecule has 0 aliphatic heterocycles. The van der Waals surface area contributed by atoms with Crippen molar-refractivity contribution in [3.63, 3.8) is 0 Å². The predicted molar refractivity (Wildman–Crippen MR) is 87.3 cm³/mol. The maximum atomic E-state index is 12.0. The van der Waals surface area contributed by atoms with Crippen LogP contribution >= 0.6 is 0 Å². The van der Waals surface area contributed by atoms with Crippen LogP contribution in [0.4, 0.5) is 5.69 Å². The molecule has 0 aliphatic rings. The van der Waals surface area contributed by atoms with E-state index in [1.54, 1.807) is 18.2 Å². The van der Waals surface area contributed by atoms with Gasteiger partial charge in [0.15, 0.2) is 6.61 Å². The van der Waals surface area contributed by atoms with Gasteiger partial charge in [-0.15, -0.1) is 0 Å². The predicted octanol–water partition coefficient (Wildman–Crippen LogP) is 0.631. The molecule has 1 aromatic heterocycles. The average Bonchev–Trinajstić information content (AvgIpc) is 2.60. The summed E-state index contributed by atoms with van der Waals surface area (Å²) in [6.07, 6.45) is 0.990. The molecule has 2 rings (SSSR count). The highest BCUT2D eigenvalue weighted by molar-refractivity contribution is 5.93. The van der Waals surface area contributed by atoms with Gasteiger partial charge in [0.2, 0.25) is 0 Å². The molecular formula is C16H16N2O7. The van der Waals surface area contributed by atoms with Crippen molar-refractivity contribution in [3.05, 3.63) is 52.4 Å². The number of nitrogens with zero attached hydrogens (tertiary/aromatic N) is 1. The third kappa shape index (κ3) is 4.50. The molecule has 9 nitrogen and oxygen atoms in total. The van der Waals surface area contributed by atoms with Crippen LogP contribution in [0.3, 0.4) is 0 Å². The number of nitrogens with one attached hydrogen (secondary N) is 1. The Hall–Kier alpha value is -3.49. The first-order valence-electron chi connectivity index (χ1n) is 7.05. The highest BCUT2D eigenvalue weighted by atomic mass is 16.7. The number of anilines is 1. The minimum Gasteiger partial charge on any atom is -0.497 e. The Labute approximate surface area is 142 Å². The Morgan fingerprint density at radius 2 is 1.92 bits per heavy atom. The van der Waals surface area contributed by atoms with Crippen LogP contribution < -0.4 is 25.2 Å². The second-order valence-electron chi connectivity index (χ2n) is 4.77. The molecule has 0 unspecified atom stereocenters. The van der Waals surface area contributed by atoms with Crippen molar-refractivity contribution in [2.75, 3.05) is 26.1 Å². The third-order valence-electron chi connectivity index (χ3n) is 3.14. The van der Waals surface area contributed by atoms with Gasteiger partial charge >= 0.3 is 5.97 Å². The Balaban J connectivity index is 2.08. The zero-order chi connectivity index (χ0) is 18.4. The van der Waals surface area contributed by atoms with Crippen LogP contribution in [0, 0.1) is 0 Å². The van der Waals surface area contributed by atoms with Crippen LogP contribution in [0.25, 0.3) is 0 Å². The number of pyridine rings is 1. The number of carboxylic acid groups (broad SMARTS) is 1. The molecule has 25 heavy (non-hydrogen) atoms. The Bertz CT molecular complexity index is 845. The van der Waals surface area contributed by atoms with Crippen molar-refractivity contribution in [1.29, 1.82) is 0 Å². The van der Waals surface area contributed by atoms with E-state index in [0.29, 0.717) is 21.9 Å². The highest BCUT2D eigenvalue weighted by Crippen LogP contribution is 2.28. The number of carbonyl (C=O) groups is 2. The van der Waals surface area contributed by atoms with Crippen LogP contribution in [0.5, 0.6) is 11.5 Å². The van der Waals surface area contributed by atoms with Gasteiger partial charge in [-0.1, -0.05) is 0 Å². The van der Waals surface area contributed by atoms with Gasteiger partial charge in [-0.05, 0) is 18.2 Å². The topological polar surface area (TPSA) is 116 Å². The number of aromatic carboxylic acids is 1. The summed E-state index contributed by atoms with van der Waals surface area (Å²) in [5, 5.41) is 11.5. The molecule has 0 radical (unpaired) electrons. The number of carbonyl (C=O) groups excluding carboxylic acids is 1. The second kappa shape index (κ2) is 7.86. The van der Waals surface area contributed by atoms with Gasteiger partial charge in [0, 0.05) is 12.1 Å². The van der Waals surface area contributed by atoms with E-state index < -0.39 is 24.0 Å². The van der Waals surface area contributed by atoms with Gasteiger partial charge in [0.1, 0.15) is 11.5 Å². The molecule has 0 bridgehead atoms. The number of carboxylic acids is 1. The summed E-state index contributed by atoms with van der Waals surface area (Å²) < 4.78 is 10.9. The van der Waals surface area contributed by atoms with E-state index in [0.717, 1.165) is 18.3 Å². The van der Waals surface area contributed by atoms with E-state index in [1.165, 1.54) is 14.2 Å². The quantitative estimate of drug-likeness (QED) is 0.754. The second-order valence-corrected chi connectivity index (χ2v) is 4.77. The monoisotopic (exact) mass is 348 g/mol. The van der Waals surface area contributed by atoms with E-state index in [-0.39, 0.29) is 5.56 Å². The molecule has 132 valence electrons. The van der Waals surface area contributed by atoms with Crippen molar-refractivity contribution in [3.8, 4) is 11.5 Å². The van der Waals surface area contributed by atoms with Gasteiger partial charge in [-0.3, -0.25) is 9.59 Å². The standard InChI is InChI=1S/C16H16N2O7/c1-23-11-4-5-13(24-2)12(7-11)17-14(19)9-25-18-8-10(16(21)22)3-6-15(18)20/h3-8H,9H2,1-2H3,(H,17,19)(H,21,22). The van der Waals surface area contributed by atoms with Gasteiger partial charge in [0.25, 0.3) is 11.5 Å². The van der Waals surface area contributed by atoms with Crippen molar-refractivity contribution >= 4 is 17.6 Å². The Kier molecular flexibility index (Phi) is 5.62. The van der Waals surface area contributed by atoms with Crippen LogP contribution in [0.1, 0.15) is 10.4 Å². The summed E-state index contributed by atoms with van der Waals surface area (Å²) in [5.41, 5.74) is -0.381. The molecule has 2 N–H and O–H groups in total. The Morgan fingerprint density at radius 3 is 2.56 bits per heavy atom. The summed E-state index contributed by atoms with van der Waals surface area (Å²) in [4.78, 5) is 39.6. The van der Waals surface area contributed by atoms with E-state index in [1.807, 2.05) is 0 Å². The number of rotatable bonds is 7. The first-order chi connectivity index (χ1) is 11.9. The summed E-state index contributed by atoms with van der Waals surface area (Å²) >= 11 is 0. The normalized spacial score (nSPS) is 10.0. The first-order valence-corrected chi connectivity index (χ1v) is 7.05. The number of hydrogen-bond donors (Lipinski definition) is 2. The molecular weight excluding hydrogens is 332 g/mol. The fourth-order valence-electron chi connectivity index (χ4n) is 1.92. The van der Waals surface area contributed by atoms with Crippen LogP contribution in [0.2, 0.25) is 0 Å². The molecule has 0 aliphatic carbocycles. The molecule has 0 atom stereocenters. The molecule has 0 spiro atoms. The number of hydrogen-bond acceptors (Lipinski definition) is 6. The number of ether oxygens (including phenoxy) is 2. The fourth-order valence-corrected chi connectivity index (χ4v) is 1.92. The fraction of sp³-hybridized carbons (Fsp3) is 0.188. The third-order valence-corrected chi connectivity index (χ3v) is 3.14. The minimum atomic E-state index is -1.22.